The quantitative estimate of drug-likeness (QED) is 0.832. The zero-order valence-electron chi connectivity index (χ0n) is 14.3. The van der Waals surface area contributed by atoms with Crippen LogP contribution in [-0.4, -0.2) is 35.5 Å². The number of hydrogen-bond donors (Lipinski definition) is 1. The molecule has 124 valence electrons. The van der Waals surface area contributed by atoms with Crippen molar-refractivity contribution in [3.05, 3.63) is 47.8 Å². The van der Waals surface area contributed by atoms with E-state index in [0.29, 0.717) is 6.04 Å². The first kappa shape index (κ1) is 16.1. The highest BCUT2D eigenvalue weighted by Gasteiger charge is 2.20. The number of nitrogens with zero attached hydrogens (tertiary/aromatic N) is 3. The molecule has 0 atom stereocenters. The molecule has 0 bridgehead atoms. The maximum atomic E-state index is 4.24. The van der Waals surface area contributed by atoms with Crippen LogP contribution in [0.15, 0.2) is 36.7 Å². The van der Waals surface area contributed by atoms with Gasteiger partial charge in [0.15, 0.2) is 0 Å². The lowest BCUT2D eigenvalue weighted by Gasteiger charge is -2.35. The molecule has 4 heteroatoms. The molecule has 3 rings (SSSR count). The van der Waals surface area contributed by atoms with Crippen molar-refractivity contribution in [2.24, 2.45) is 0 Å². The molecule has 1 aliphatic heterocycles. The Morgan fingerprint density at radius 3 is 2.74 bits per heavy atom. The molecule has 1 aromatic heterocycles. The van der Waals surface area contributed by atoms with Crippen molar-refractivity contribution in [2.75, 3.05) is 24.5 Å². The van der Waals surface area contributed by atoms with Crippen LogP contribution in [-0.2, 0) is 6.54 Å². The van der Waals surface area contributed by atoms with E-state index in [1.54, 1.807) is 0 Å². The number of aryl methyl sites for hydroxylation is 2. The summed E-state index contributed by atoms with van der Waals surface area (Å²) in [7, 11) is 0. The predicted molar refractivity (Wildman–Crippen MR) is 96.0 cm³/mol. The Bertz CT molecular complexity index is 598. The summed E-state index contributed by atoms with van der Waals surface area (Å²) in [6.07, 6.45) is 7.47. The van der Waals surface area contributed by atoms with Gasteiger partial charge in [-0.25, -0.2) is 0 Å². The highest BCUT2D eigenvalue weighted by Crippen LogP contribution is 2.25. The van der Waals surface area contributed by atoms with Crippen molar-refractivity contribution < 1.29 is 0 Å². The van der Waals surface area contributed by atoms with E-state index in [9.17, 15) is 0 Å². The Balaban J connectivity index is 1.41. The van der Waals surface area contributed by atoms with Crippen molar-refractivity contribution in [3.63, 3.8) is 0 Å². The second-order valence-corrected chi connectivity index (χ2v) is 6.56. The van der Waals surface area contributed by atoms with Crippen LogP contribution < -0.4 is 10.2 Å². The maximum Gasteiger partial charge on any atom is 0.0489 e. The highest BCUT2D eigenvalue weighted by atomic mass is 15.3. The van der Waals surface area contributed by atoms with Gasteiger partial charge in [-0.15, -0.1) is 0 Å². The third-order valence-corrected chi connectivity index (χ3v) is 4.97. The molecule has 0 unspecified atom stereocenters. The fourth-order valence-corrected chi connectivity index (χ4v) is 3.38. The first-order valence-electron chi connectivity index (χ1n) is 8.76. The van der Waals surface area contributed by atoms with Crippen LogP contribution >= 0.6 is 0 Å². The maximum absolute atomic E-state index is 4.24. The third kappa shape index (κ3) is 4.14. The van der Waals surface area contributed by atoms with E-state index in [1.165, 1.54) is 29.7 Å². The van der Waals surface area contributed by atoms with Gasteiger partial charge in [-0.1, -0.05) is 12.1 Å². The smallest absolute Gasteiger partial charge is 0.0489 e. The molecule has 0 saturated carbocycles. The average Bonchev–Trinajstić information content (AvgIpc) is 3.08. The van der Waals surface area contributed by atoms with Gasteiger partial charge in [-0.3, -0.25) is 4.68 Å². The van der Waals surface area contributed by atoms with Crippen LogP contribution in [0.4, 0.5) is 5.69 Å². The van der Waals surface area contributed by atoms with Gasteiger partial charge in [-0.2, -0.15) is 5.10 Å². The van der Waals surface area contributed by atoms with Crippen molar-refractivity contribution in [1.29, 1.82) is 0 Å². The minimum atomic E-state index is 0.661. The first-order valence-corrected chi connectivity index (χ1v) is 8.76. The molecule has 1 fully saturated rings. The third-order valence-electron chi connectivity index (χ3n) is 4.97. The van der Waals surface area contributed by atoms with Gasteiger partial charge in [0.1, 0.15) is 0 Å². The number of aromatic nitrogens is 2. The standard InChI is InChI=1S/C19H28N4/c1-16-6-3-7-19(17(16)2)22-14-8-18(9-15-22)20-10-4-12-23-13-5-11-21-23/h3,5-7,11,13,18,20H,4,8-10,12,14-15H2,1-2H3. The molecule has 4 nitrogen and oxygen atoms in total. The second-order valence-electron chi connectivity index (χ2n) is 6.56. The molecule has 0 aliphatic carbocycles. The van der Waals surface area contributed by atoms with Crippen molar-refractivity contribution in [1.82, 2.24) is 15.1 Å². The fraction of sp³-hybridized carbons (Fsp3) is 0.526. The predicted octanol–water partition coefficient (Wildman–Crippen LogP) is 3.15. The van der Waals surface area contributed by atoms with Crippen LogP contribution in [0.3, 0.4) is 0 Å². The van der Waals surface area contributed by atoms with Crippen LogP contribution in [0.2, 0.25) is 0 Å². The average molecular weight is 312 g/mol. The fourth-order valence-electron chi connectivity index (χ4n) is 3.38. The van der Waals surface area contributed by atoms with Crippen LogP contribution in [0.5, 0.6) is 0 Å². The SMILES string of the molecule is Cc1cccc(N2CCC(NCCCn3cccn3)CC2)c1C. The number of rotatable bonds is 6. The minimum Gasteiger partial charge on any atom is -0.371 e. The van der Waals surface area contributed by atoms with Gasteiger partial charge in [0.2, 0.25) is 0 Å². The van der Waals surface area contributed by atoms with Crippen LogP contribution in [0.1, 0.15) is 30.4 Å². The van der Waals surface area contributed by atoms with E-state index < -0.39 is 0 Å². The van der Waals surface area contributed by atoms with E-state index in [0.717, 1.165) is 32.6 Å². The number of piperidine rings is 1. The van der Waals surface area contributed by atoms with Crippen molar-refractivity contribution in [3.8, 4) is 0 Å². The monoisotopic (exact) mass is 312 g/mol. The largest absolute Gasteiger partial charge is 0.371 e. The molecule has 1 saturated heterocycles. The molecule has 23 heavy (non-hydrogen) atoms. The summed E-state index contributed by atoms with van der Waals surface area (Å²) in [5.74, 6) is 0. The molecule has 0 radical (unpaired) electrons. The zero-order chi connectivity index (χ0) is 16.1. The van der Waals surface area contributed by atoms with E-state index in [1.807, 2.05) is 23.1 Å². The summed E-state index contributed by atoms with van der Waals surface area (Å²) in [6, 6.07) is 9.29. The summed E-state index contributed by atoms with van der Waals surface area (Å²) in [5.41, 5.74) is 4.24. The Morgan fingerprint density at radius 2 is 2.00 bits per heavy atom. The van der Waals surface area contributed by atoms with E-state index in [2.05, 4.69) is 47.4 Å². The topological polar surface area (TPSA) is 33.1 Å². The zero-order valence-corrected chi connectivity index (χ0v) is 14.3. The number of hydrogen-bond acceptors (Lipinski definition) is 3. The Kier molecular flexibility index (Phi) is 5.34. The summed E-state index contributed by atoms with van der Waals surface area (Å²) in [6.45, 7) is 8.83. The number of anilines is 1. The van der Waals surface area contributed by atoms with Crippen molar-refractivity contribution >= 4 is 5.69 Å². The van der Waals surface area contributed by atoms with E-state index in [4.69, 9.17) is 0 Å². The minimum absolute atomic E-state index is 0.661. The summed E-state index contributed by atoms with van der Waals surface area (Å²) < 4.78 is 2.00. The summed E-state index contributed by atoms with van der Waals surface area (Å²) in [5, 5.41) is 7.96. The number of nitrogens with one attached hydrogen (secondary N) is 1. The van der Waals surface area contributed by atoms with Gasteiger partial charge < -0.3 is 10.2 Å². The molecular weight excluding hydrogens is 284 g/mol. The lowest BCUT2D eigenvalue weighted by molar-refractivity contribution is 0.404. The van der Waals surface area contributed by atoms with Gasteiger partial charge in [0, 0.05) is 43.8 Å². The molecular formula is C19H28N4. The van der Waals surface area contributed by atoms with Crippen LogP contribution in [0.25, 0.3) is 0 Å². The van der Waals surface area contributed by atoms with Gasteiger partial charge in [0.25, 0.3) is 0 Å². The molecule has 2 heterocycles. The highest BCUT2D eigenvalue weighted by molar-refractivity contribution is 5.56. The molecule has 0 spiro atoms. The normalized spacial score (nSPS) is 16.0. The Morgan fingerprint density at radius 1 is 1.17 bits per heavy atom. The Labute approximate surface area is 139 Å². The molecule has 2 aromatic rings. The summed E-state index contributed by atoms with van der Waals surface area (Å²) in [4.78, 5) is 2.55. The molecule has 1 aromatic carbocycles. The molecule has 0 amide bonds. The van der Waals surface area contributed by atoms with Gasteiger partial charge in [0.05, 0.1) is 0 Å². The van der Waals surface area contributed by atoms with Crippen molar-refractivity contribution in [2.45, 2.75) is 45.7 Å². The Hall–Kier alpha value is -1.81. The molecule has 1 N–H and O–H groups in total. The van der Waals surface area contributed by atoms with Crippen LogP contribution in [0, 0.1) is 13.8 Å². The lowest BCUT2D eigenvalue weighted by Crippen LogP contribution is -2.43. The first-order chi connectivity index (χ1) is 11.2. The molecule has 1 aliphatic rings. The van der Waals surface area contributed by atoms with E-state index in [-0.39, 0.29) is 0 Å². The van der Waals surface area contributed by atoms with E-state index >= 15 is 0 Å². The van der Waals surface area contributed by atoms with Gasteiger partial charge in [-0.05, 0) is 62.9 Å². The van der Waals surface area contributed by atoms with Gasteiger partial charge >= 0.3 is 0 Å². The number of benzene rings is 1. The summed E-state index contributed by atoms with van der Waals surface area (Å²) >= 11 is 0. The second kappa shape index (κ2) is 7.64. The lowest BCUT2D eigenvalue weighted by atomic mass is 10.0.